The van der Waals surface area contributed by atoms with Crippen LogP contribution in [0.25, 0.3) is 0 Å². The van der Waals surface area contributed by atoms with Crippen LogP contribution in [0.5, 0.6) is 5.75 Å². The number of aryl methyl sites for hydroxylation is 2. The molecular formula is C21H22N2O4. The molecule has 140 valence electrons. The number of nitrogens with zero attached hydrogens (tertiary/aromatic N) is 1. The number of aliphatic hydroxyl groups excluding tert-OH is 1. The van der Waals surface area contributed by atoms with Gasteiger partial charge in [-0.1, -0.05) is 42.0 Å². The largest absolute Gasteiger partial charge is 0.491 e. The summed E-state index contributed by atoms with van der Waals surface area (Å²) in [4.78, 5) is 26.6. The Labute approximate surface area is 157 Å². The summed E-state index contributed by atoms with van der Waals surface area (Å²) < 4.78 is 5.56. The van der Waals surface area contributed by atoms with Crippen molar-refractivity contribution < 1.29 is 19.4 Å². The molecule has 1 aliphatic carbocycles. The second-order valence-electron chi connectivity index (χ2n) is 7.19. The Bertz CT molecular complexity index is 880. The zero-order chi connectivity index (χ0) is 19.0. The Balaban J connectivity index is 1.43. The number of carbonyl (C=O) groups excluding carboxylic acids is 2. The molecule has 0 aromatic heterocycles. The highest BCUT2D eigenvalue weighted by Gasteiger charge is 2.55. The number of fused-ring (bicyclic) bond motifs is 2. The third-order valence-corrected chi connectivity index (χ3v) is 5.28. The SMILES string of the molecule is Cc1ccc(OC[C@@H](O)CN2C(=O)N[C@@]3(CCc4ccccc43)C2=O)cc1. The molecule has 0 radical (unpaired) electrons. The fourth-order valence-corrected chi connectivity index (χ4v) is 3.85. The van der Waals surface area contributed by atoms with Crippen LogP contribution in [0.1, 0.15) is 23.1 Å². The fourth-order valence-electron chi connectivity index (χ4n) is 3.85. The average molecular weight is 366 g/mol. The number of hydrogen-bond acceptors (Lipinski definition) is 4. The molecule has 2 N–H and O–H groups in total. The molecule has 1 heterocycles. The van der Waals surface area contributed by atoms with Crippen molar-refractivity contribution in [1.29, 1.82) is 0 Å². The van der Waals surface area contributed by atoms with E-state index in [0.29, 0.717) is 12.2 Å². The lowest BCUT2D eigenvalue weighted by Gasteiger charge is -2.23. The highest BCUT2D eigenvalue weighted by atomic mass is 16.5. The van der Waals surface area contributed by atoms with Crippen LogP contribution in [0, 0.1) is 6.92 Å². The van der Waals surface area contributed by atoms with E-state index >= 15 is 0 Å². The van der Waals surface area contributed by atoms with Gasteiger partial charge in [0.05, 0.1) is 6.54 Å². The zero-order valence-corrected chi connectivity index (χ0v) is 15.1. The molecule has 1 spiro atoms. The maximum atomic E-state index is 13.0. The van der Waals surface area contributed by atoms with Crippen LogP contribution in [-0.2, 0) is 16.8 Å². The lowest BCUT2D eigenvalue weighted by Crippen LogP contribution is -2.43. The number of hydrogen-bond donors (Lipinski definition) is 2. The van der Waals surface area contributed by atoms with Crippen molar-refractivity contribution in [3.05, 3.63) is 65.2 Å². The summed E-state index contributed by atoms with van der Waals surface area (Å²) in [5.74, 6) is 0.338. The Kier molecular flexibility index (Phi) is 4.36. The monoisotopic (exact) mass is 366 g/mol. The maximum absolute atomic E-state index is 13.0. The predicted octanol–water partition coefficient (Wildman–Crippen LogP) is 2.13. The normalized spacial score (nSPS) is 22.1. The van der Waals surface area contributed by atoms with Crippen LogP contribution in [0.3, 0.4) is 0 Å². The van der Waals surface area contributed by atoms with Gasteiger partial charge in [0.1, 0.15) is 24.0 Å². The van der Waals surface area contributed by atoms with Gasteiger partial charge in [0.25, 0.3) is 5.91 Å². The number of imide groups is 1. The van der Waals surface area contributed by atoms with Gasteiger partial charge >= 0.3 is 6.03 Å². The van der Waals surface area contributed by atoms with Crippen LogP contribution < -0.4 is 10.1 Å². The number of urea groups is 1. The quantitative estimate of drug-likeness (QED) is 0.795. The van der Waals surface area contributed by atoms with E-state index in [-0.39, 0.29) is 19.1 Å². The van der Waals surface area contributed by atoms with E-state index in [2.05, 4.69) is 5.32 Å². The standard InChI is InChI=1S/C21H22N2O4/c1-14-6-8-17(9-7-14)27-13-16(24)12-23-19(25)21(22-20(23)26)11-10-15-4-2-3-5-18(15)21/h2-9,16,24H,10-13H2,1H3,(H,22,26)/t16-,21+/m0/s1. The summed E-state index contributed by atoms with van der Waals surface area (Å²) in [7, 11) is 0. The van der Waals surface area contributed by atoms with Crippen LogP contribution in [0.15, 0.2) is 48.5 Å². The molecule has 0 unspecified atom stereocenters. The minimum atomic E-state index is -0.995. The van der Waals surface area contributed by atoms with Crippen molar-refractivity contribution in [1.82, 2.24) is 10.2 Å². The number of amides is 3. The van der Waals surface area contributed by atoms with Crippen LogP contribution in [-0.4, -0.2) is 41.2 Å². The number of β-amino-alcohol motifs (C(OH)–C–C–N with tert-alkyl or cyclic N) is 1. The number of nitrogens with one attached hydrogen (secondary N) is 1. The van der Waals surface area contributed by atoms with Crippen molar-refractivity contribution in [2.75, 3.05) is 13.2 Å². The molecule has 2 aromatic carbocycles. The highest BCUT2D eigenvalue weighted by Crippen LogP contribution is 2.41. The molecular weight excluding hydrogens is 344 g/mol. The third-order valence-electron chi connectivity index (χ3n) is 5.28. The molecule has 2 aromatic rings. The van der Waals surface area contributed by atoms with Gasteiger partial charge in [-0.25, -0.2) is 4.79 Å². The van der Waals surface area contributed by atoms with Crippen LogP contribution in [0.2, 0.25) is 0 Å². The van der Waals surface area contributed by atoms with E-state index in [1.54, 1.807) is 0 Å². The number of aliphatic hydroxyl groups is 1. The van der Waals surface area contributed by atoms with Crippen molar-refractivity contribution in [2.45, 2.75) is 31.4 Å². The fraction of sp³-hybridized carbons (Fsp3) is 0.333. The molecule has 6 nitrogen and oxygen atoms in total. The van der Waals surface area contributed by atoms with Crippen LogP contribution in [0.4, 0.5) is 4.79 Å². The van der Waals surface area contributed by atoms with Gasteiger partial charge in [0.15, 0.2) is 0 Å². The summed E-state index contributed by atoms with van der Waals surface area (Å²) in [6, 6.07) is 14.7. The molecule has 27 heavy (non-hydrogen) atoms. The molecule has 1 saturated heterocycles. The van der Waals surface area contributed by atoms with Crippen LogP contribution >= 0.6 is 0 Å². The van der Waals surface area contributed by atoms with Gasteiger partial charge in [0, 0.05) is 0 Å². The Morgan fingerprint density at radius 1 is 1.19 bits per heavy atom. The highest BCUT2D eigenvalue weighted by molar-refractivity contribution is 6.08. The van der Waals surface area contributed by atoms with E-state index in [9.17, 15) is 14.7 Å². The van der Waals surface area contributed by atoms with Gasteiger partial charge in [0.2, 0.25) is 0 Å². The number of rotatable bonds is 5. The average Bonchev–Trinajstić information content (AvgIpc) is 3.15. The van der Waals surface area contributed by atoms with Crippen molar-refractivity contribution in [3.8, 4) is 5.75 Å². The van der Waals surface area contributed by atoms with E-state index in [1.165, 1.54) is 0 Å². The van der Waals surface area contributed by atoms with E-state index in [4.69, 9.17) is 4.74 Å². The van der Waals surface area contributed by atoms with Gasteiger partial charge in [-0.15, -0.1) is 0 Å². The minimum Gasteiger partial charge on any atom is -0.491 e. The van der Waals surface area contributed by atoms with Crippen molar-refractivity contribution >= 4 is 11.9 Å². The van der Waals surface area contributed by atoms with Crippen molar-refractivity contribution in [2.24, 2.45) is 0 Å². The van der Waals surface area contributed by atoms with E-state index in [0.717, 1.165) is 28.0 Å². The Morgan fingerprint density at radius 2 is 1.93 bits per heavy atom. The molecule has 1 aliphatic heterocycles. The molecule has 6 heteroatoms. The molecule has 0 bridgehead atoms. The number of carbonyl (C=O) groups is 2. The van der Waals surface area contributed by atoms with E-state index in [1.807, 2.05) is 55.5 Å². The smallest absolute Gasteiger partial charge is 0.325 e. The lowest BCUT2D eigenvalue weighted by atomic mass is 9.92. The summed E-state index contributed by atoms with van der Waals surface area (Å²) >= 11 is 0. The lowest BCUT2D eigenvalue weighted by molar-refractivity contribution is -0.132. The van der Waals surface area contributed by atoms with Gasteiger partial charge in [-0.2, -0.15) is 0 Å². The summed E-state index contributed by atoms with van der Waals surface area (Å²) in [6.07, 6.45) is 0.325. The summed E-state index contributed by atoms with van der Waals surface area (Å²) in [5.41, 5.74) is 2.06. The molecule has 2 aliphatic rings. The van der Waals surface area contributed by atoms with Crippen molar-refractivity contribution in [3.63, 3.8) is 0 Å². The summed E-state index contributed by atoms with van der Waals surface area (Å²) in [5, 5.41) is 13.1. The first kappa shape index (κ1) is 17.5. The third kappa shape index (κ3) is 3.06. The number of benzene rings is 2. The molecule has 4 rings (SSSR count). The van der Waals surface area contributed by atoms with Gasteiger partial charge < -0.3 is 15.2 Å². The predicted molar refractivity (Wildman–Crippen MR) is 99.4 cm³/mol. The first-order chi connectivity index (χ1) is 13.0. The van der Waals surface area contributed by atoms with Gasteiger partial charge in [-0.3, -0.25) is 9.69 Å². The Hall–Kier alpha value is -2.86. The maximum Gasteiger partial charge on any atom is 0.325 e. The molecule has 0 saturated carbocycles. The summed E-state index contributed by atoms with van der Waals surface area (Å²) in [6.45, 7) is 1.89. The molecule has 1 fully saturated rings. The first-order valence-corrected chi connectivity index (χ1v) is 9.10. The Morgan fingerprint density at radius 3 is 2.70 bits per heavy atom. The second-order valence-corrected chi connectivity index (χ2v) is 7.19. The van der Waals surface area contributed by atoms with E-state index < -0.39 is 17.7 Å². The molecule has 2 atom stereocenters. The molecule has 3 amide bonds. The zero-order valence-electron chi connectivity index (χ0n) is 15.1. The second kappa shape index (κ2) is 6.70. The number of ether oxygens (including phenoxy) is 1. The topological polar surface area (TPSA) is 78.9 Å². The van der Waals surface area contributed by atoms with Gasteiger partial charge in [-0.05, 0) is 43.0 Å². The minimum absolute atomic E-state index is 0.00368. The first-order valence-electron chi connectivity index (χ1n) is 9.10.